The maximum atomic E-state index is 11.0. The molecule has 1 N–H and O–H groups in total. The number of hydrogen-bond donors (Lipinski definition) is 1. The standard InChI is InChI=1S/C20H26N2O2/c1-22-13-3-6-19(22)17-11-12-18(21-14-17)5-2-4-15-7-9-16(10-8-15)20(23)24/h11-12,14-16,19H,3-4,6-10,13H2,1H3,(H,23,24). The van der Waals surface area contributed by atoms with Gasteiger partial charge in [-0.1, -0.05) is 12.0 Å². The molecule has 3 rings (SSSR count). The molecule has 4 nitrogen and oxygen atoms in total. The fourth-order valence-electron chi connectivity index (χ4n) is 3.91. The predicted octanol–water partition coefficient (Wildman–Crippen LogP) is 3.48. The van der Waals surface area contributed by atoms with Gasteiger partial charge < -0.3 is 5.11 Å². The normalized spacial score (nSPS) is 27.5. The van der Waals surface area contributed by atoms with E-state index in [9.17, 15) is 4.79 Å². The van der Waals surface area contributed by atoms with Crippen LogP contribution in [0.2, 0.25) is 0 Å². The molecule has 1 aliphatic heterocycles. The molecule has 1 aromatic rings. The number of hydrogen-bond acceptors (Lipinski definition) is 3. The Balaban J connectivity index is 1.50. The molecular formula is C20H26N2O2. The zero-order valence-electron chi connectivity index (χ0n) is 14.4. The van der Waals surface area contributed by atoms with E-state index in [2.05, 4.69) is 34.8 Å². The van der Waals surface area contributed by atoms with Gasteiger partial charge in [0.1, 0.15) is 5.69 Å². The lowest BCUT2D eigenvalue weighted by atomic mass is 9.81. The Morgan fingerprint density at radius 3 is 2.67 bits per heavy atom. The van der Waals surface area contributed by atoms with Crippen molar-refractivity contribution >= 4 is 5.97 Å². The monoisotopic (exact) mass is 326 g/mol. The first kappa shape index (κ1) is 17.0. The fraction of sp³-hybridized carbons (Fsp3) is 0.600. The highest BCUT2D eigenvalue weighted by Gasteiger charge is 2.25. The molecule has 1 aliphatic carbocycles. The van der Waals surface area contributed by atoms with Crippen LogP contribution < -0.4 is 0 Å². The summed E-state index contributed by atoms with van der Waals surface area (Å²) in [7, 11) is 2.17. The number of carbonyl (C=O) groups is 1. The van der Waals surface area contributed by atoms with Crippen LogP contribution in [0.5, 0.6) is 0 Å². The molecule has 0 radical (unpaired) electrons. The Morgan fingerprint density at radius 1 is 1.29 bits per heavy atom. The topological polar surface area (TPSA) is 53.4 Å². The zero-order chi connectivity index (χ0) is 16.9. The van der Waals surface area contributed by atoms with Crippen molar-refractivity contribution in [2.45, 2.75) is 51.0 Å². The second-order valence-electron chi connectivity index (χ2n) is 7.18. The van der Waals surface area contributed by atoms with Crippen molar-refractivity contribution in [1.29, 1.82) is 0 Å². The smallest absolute Gasteiger partial charge is 0.306 e. The van der Waals surface area contributed by atoms with Gasteiger partial charge in [0.05, 0.1) is 5.92 Å². The Hall–Kier alpha value is -1.86. The summed E-state index contributed by atoms with van der Waals surface area (Å²) in [5, 5.41) is 9.03. The molecular weight excluding hydrogens is 300 g/mol. The van der Waals surface area contributed by atoms with Crippen molar-refractivity contribution in [3.8, 4) is 11.8 Å². The minimum Gasteiger partial charge on any atom is -0.481 e. The quantitative estimate of drug-likeness (QED) is 0.864. The molecule has 1 aromatic heterocycles. The summed E-state index contributed by atoms with van der Waals surface area (Å²) in [6, 6.07) is 4.68. The minimum absolute atomic E-state index is 0.142. The highest BCUT2D eigenvalue weighted by atomic mass is 16.4. The second kappa shape index (κ2) is 7.81. The highest BCUT2D eigenvalue weighted by Crippen LogP contribution is 2.31. The number of carboxylic acids is 1. The van der Waals surface area contributed by atoms with Gasteiger partial charge in [-0.25, -0.2) is 4.98 Å². The number of likely N-dealkylation sites (tertiary alicyclic amines) is 1. The number of carboxylic acid groups (broad SMARTS) is 1. The third kappa shape index (κ3) is 4.15. The minimum atomic E-state index is -0.642. The Bertz CT molecular complexity index is 621. The fourth-order valence-corrected chi connectivity index (χ4v) is 3.91. The molecule has 1 atom stereocenters. The van der Waals surface area contributed by atoms with Crippen molar-refractivity contribution < 1.29 is 9.90 Å². The van der Waals surface area contributed by atoms with Gasteiger partial charge in [0.2, 0.25) is 0 Å². The van der Waals surface area contributed by atoms with Gasteiger partial charge in [0.15, 0.2) is 0 Å². The number of aliphatic carboxylic acids is 1. The maximum absolute atomic E-state index is 11.0. The molecule has 1 unspecified atom stereocenters. The van der Waals surface area contributed by atoms with Crippen molar-refractivity contribution in [1.82, 2.24) is 9.88 Å². The lowest BCUT2D eigenvalue weighted by Gasteiger charge is -2.24. The Kier molecular flexibility index (Phi) is 5.52. The SMILES string of the molecule is CN1CCCC1c1ccc(C#CCC2CCC(C(=O)O)CC2)nc1. The van der Waals surface area contributed by atoms with E-state index in [1.54, 1.807) is 0 Å². The van der Waals surface area contributed by atoms with E-state index in [0.717, 1.165) is 44.3 Å². The van der Waals surface area contributed by atoms with Crippen LogP contribution in [0.1, 0.15) is 62.2 Å². The Morgan fingerprint density at radius 2 is 2.08 bits per heavy atom. The third-order valence-corrected chi connectivity index (χ3v) is 5.49. The first-order valence-electron chi connectivity index (χ1n) is 9.01. The van der Waals surface area contributed by atoms with Crippen molar-refractivity contribution in [2.24, 2.45) is 11.8 Å². The number of aromatic nitrogens is 1. The van der Waals surface area contributed by atoms with Gasteiger partial charge in [0.25, 0.3) is 0 Å². The average Bonchev–Trinajstić information content (AvgIpc) is 3.02. The largest absolute Gasteiger partial charge is 0.481 e. The molecule has 0 bridgehead atoms. The molecule has 4 heteroatoms. The molecule has 1 saturated heterocycles. The first-order chi connectivity index (χ1) is 11.6. The van der Waals surface area contributed by atoms with Crippen molar-refractivity contribution in [3.63, 3.8) is 0 Å². The summed E-state index contributed by atoms with van der Waals surface area (Å²) in [5.41, 5.74) is 2.12. The summed E-state index contributed by atoms with van der Waals surface area (Å²) >= 11 is 0. The predicted molar refractivity (Wildman–Crippen MR) is 93.4 cm³/mol. The lowest BCUT2D eigenvalue weighted by molar-refractivity contribution is -0.143. The van der Waals surface area contributed by atoms with E-state index in [1.807, 2.05) is 12.3 Å². The Labute approximate surface area is 144 Å². The van der Waals surface area contributed by atoms with E-state index in [0.29, 0.717) is 12.0 Å². The van der Waals surface area contributed by atoms with E-state index in [-0.39, 0.29) is 5.92 Å². The van der Waals surface area contributed by atoms with Crippen LogP contribution in [-0.2, 0) is 4.79 Å². The van der Waals surface area contributed by atoms with Crippen LogP contribution in [-0.4, -0.2) is 34.6 Å². The maximum Gasteiger partial charge on any atom is 0.306 e. The van der Waals surface area contributed by atoms with Crippen LogP contribution in [0.3, 0.4) is 0 Å². The summed E-state index contributed by atoms with van der Waals surface area (Å²) in [4.78, 5) is 17.8. The molecule has 1 saturated carbocycles. The van der Waals surface area contributed by atoms with Gasteiger partial charge in [-0.15, -0.1) is 0 Å². The van der Waals surface area contributed by atoms with Crippen molar-refractivity contribution in [2.75, 3.05) is 13.6 Å². The summed E-state index contributed by atoms with van der Waals surface area (Å²) in [6.45, 7) is 1.16. The molecule has 2 heterocycles. The van der Waals surface area contributed by atoms with Gasteiger partial charge in [0, 0.05) is 18.7 Å². The third-order valence-electron chi connectivity index (χ3n) is 5.49. The van der Waals surface area contributed by atoms with Crippen LogP contribution in [0.4, 0.5) is 0 Å². The number of rotatable bonds is 3. The van der Waals surface area contributed by atoms with Gasteiger partial charge in [-0.2, -0.15) is 0 Å². The van der Waals surface area contributed by atoms with Crippen LogP contribution >= 0.6 is 0 Å². The van der Waals surface area contributed by atoms with Gasteiger partial charge in [-0.3, -0.25) is 9.69 Å². The number of nitrogens with zero attached hydrogens (tertiary/aromatic N) is 2. The molecule has 2 fully saturated rings. The molecule has 0 aromatic carbocycles. The van der Waals surface area contributed by atoms with Crippen molar-refractivity contribution in [3.05, 3.63) is 29.6 Å². The summed E-state index contributed by atoms with van der Waals surface area (Å²) in [6.07, 6.45) is 8.83. The second-order valence-corrected chi connectivity index (χ2v) is 7.18. The zero-order valence-corrected chi connectivity index (χ0v) is 14.4. The van der Waals surface area contributed by atoms with E-state index < -0.39 is 5.97 Å². The van der Waals surface area contributed by atoms with E-state index in [1.165, 1.54) is 18.4 Å². The first-order valence-corrected chi connectivity index (χ1v) is 9.01. The van der Waals surface area contributed by atoms with E-state index >= 15 is 0 Å². The summed E-state index contributed by atoms with van der Waals surface area (Å²) < 4.78 is 0. The molecule has 2 aliphatic rings. The number of pyridine rings is 1. The van der Waals surface area contributed by atoms with E-state index in [4.69, 9.17) is 5.11 Å². The molecule has 0 spiro atoms. The van der Waals surface area contributed by atoms with Crippen LogP contribution in [0.15, 0.2) is 18.3 Å². The lowest BCUT2D eigenvalue weighted by Crippen LogP contribution is -2.21. The molecule has 0 amide bonds. The molecule has 24 heavy (non-hydrogen) atoms. The highest BCUT2D eigenvalue weighted by molar-refractivity contribution is 5.69. The average molecular weight is 326 g/mol. The summed E-state index contributed by atoms with van der Waals surface area (Å²) in [5.74, 6) is 6.16. The van der Waals surface area contributed by atoms with Gasteiger partial charge in [-0.05, 0) is 75.6 Å². The molecule has 128 valence electrons. The van der Waals surface area contributed by atoms with Crippen LogP contribution in [0, 0.1) is 23.7 Å². The van der Waals surface area contributed by atoms with Gasteiger partial charge >= 0.3 is 5.97 Å². The van der Waals surface area contributed by atoms with Crippen LogP contribution in [0.25, 0.3) is 0 Å².